The molecule has 1 aromatic rings. The van der Waals surface area contributed by atoms with Crippen molar-refractivity contribution in [3.63, 3.8) is 0 Å². The monoisotopic (exact) mass is 214 g/mol. The van der Waals surface area contributed by atoms with Crippen LogP contribution in [0.2, 0.25) is 0 Å². The SMILES string of the molecule is ClS1=CC=C(c2ccccc2)S1. The molecule has 0 spiro atoms. The van der Waals surface area contributed by atoms with Gasteiger partial charge in [-0.15, -0.1) is 0 Å². The average Bonchev–Trinajstić information content (AvgIpc) is 2.54. The molecule has 0 aliphatic carbocycles. The van der Waals surface area contributed by atoms with Gasteiger partial charge in [0.15, 0.2) is 0 Å². The number of rotatable bonds is 1. The lowest BCUT2D eigenvalue weighted by Crippen LogP contribution is -1.73. The van der Waals surface area contributed by atoms with Gasteiger partial charge in [0.1, 0.15) is 0 Å². The molecular formula is C9H7ClS2. The van der Waals surface area contributed by atoms with Crippen molar-refractivity contribution in [2.75, 3.05) is 0 Å². The van der Waals surface area contributed by atoms with Crippen LogP contribution in [-0.2, 0) is 0 Å². The van der Waals surface area contributed by atoms with E-state index in [1.54, 1.807) is 10.8 Å². The Kier molecular flexibility index (Phi) is 2.59. The van der Waals surface area contributed by atoms with Crippen LogP contribution >= 0.6 is 30.2 Å². The molecule has 0 fully saturated rings. The molecule has 62 valence electrons. The Morgan fingerprint density at radius 3 is 2.50 bits per heavy atom. The molecule has 1 aromatic carbocycles. The molecule has 0 saturated carbocycles. The van der Waals surface area contributed by atoms with Crippen LogP contribution in [0.4, 0.5) is 0 Å². The molecule has 1 heterocycles. The minimum absolute atomic E-state index is 0.132. The Balaban J connectivity index is 2.25. The van der Waals surface area contributed by atoms with Gasteiger partial charge >= 0.3 is 0 Å². The van der Waals surface area contributed by atoms with E-state index in [4.69, 9.17) is 10.7 Å². The Morgan fingerprint density at radius 1 is 1.17 bits per heavy atom. The van der Waals surface area contributed by atoms with E-state index in [9.17, 15) is 0 Å². The summed E-state index contributed by atoms with van der Waals surface area (Å²) >= 11 is 0. The van der Waals surface area contributed by atoms with Gasteiger partial charge in [-0.25, -0.2) is 0 Å². The Labute approximate surface area is 82.5 Å². The van der Waals surface area contributed by atoms with E-state index >= 15 is 0 Å². The van der Waals surface area contributed by atoms with E-state index in [0.717, 1.165) is 0 Å². The average molecular weight is 215 g/mol. The van der Waals surface area contributed by atoms with E-state index in [-0.39, 0.29) is 8.73 Å². The summed E-state index contributed by atoms with van der Waals surface area (Å²) < 4.78 is 0. The predicted molar refractivity (Wildman–Crippen MR) is 61.5 cm³/mol. The molecule has 3 heteroatoms. The number of hydrogen-bond acceptors (Lipinski definition) is 1. The highest BCUT2D eigenvalue weighted by Gasteiger charge is 2.07. The van der Waals surface area contributed by atoms with Crippen molar-refractivity contribution in [3.8, 4) is 0 Å². The second-order valence-corrected chi connectivity index (χ2v) is 6.86. The normalized spacial score (nSPS) is 21.8. The summed E-state index contributed by atoms with van der Waals surface area (Å²) in [4.78, 5) is 1.27. The molecule has 1 aliphatic heterocycles. The van der Waals surface area contributed by atoms with Crippen LogP contribution < -0.4 is 0 Å². The van der Waals surface area contributed by atoms with Gasteiger partial charge in [0, 0.05) is 4.91 Å². The van der Waals surface area contributed by atoms with E-state index in [2.05, 4.69) is 18.2 Å². The van der Waals surface area contributed by atoms with Gasteiger partial charge in [-0.3, -0.25) is 0 Å². The molecule has 0 aromatic heterocycles. The molecule has 0 saturated heterocycles. The summed E-state index contributed by atoms with van der Waals surface area (Å²) in [5, 5.41) is 2.04. The summed E-state index contributed by atoms with van der Waals surface area (Å²) in [6.07, 6.45) is 2.09. The molecule has 1 atom stereocenters. The van der Waals surface area contributed by atoms with Crippen LogP contribution in [0.25, 0.3) is 4.91 Å². The van der Waals surface area contributed by atoms with Gasteiger partial charge in [-0.2, -0.15) is 0 Å². The first-order chi connectivity index (χ1) is 5.86. The maximum atomic E-state index is 5.94. The van der Waals surface area contributed by atoms with Gasteiger partial charge < -0.3 is 0 Å². The van der Waals surface area contributed by atoms with Crippen molar-refractivity contribution in [3.05, 3.63) is 42.0 Å². The third-order valence-corrected chi connectivity index (χ3v) is 4.84. The van der Waals surface area contributed by atoms with Crippen molar-refractivity contribution in [1.82, 2.24) is 0 Å². The summed E-state index contributed by atoms with van der Waals surface area (Å²) in [7, 11) is 7.53. The smallest absolute Gasteiger partial charge is 0.0267 e. The van der Waals surface area contributed by atoms with Crippen LogP contribution in [0.1, 0.15) is 5.56 Å². The van der Waals surface area contributed by atoms with Crippen LogP contribution in [0.3, 0.4) is 0 Å². The molecule has 1 aliphatic rings. The second kappa shape index (κ2) is 3.69. The third kappa shape index (κ3) is 1.76. The number of hydrogen-bond donors (Lipinski definition) is 0. The minimum Gasteiger partial charge on any atom is -0.0622 e. The third-order valence-electron chi connectivity index (χ3n) is 1.55. The van der Waals surface area contributed by atoms with Crippen LogP contribution in [0.5, 0.6) is 0 Å². The Hall–Kier alpha value is -0.180. The van der Waals surface area contributed by atoms with Gasteiger partial charge in [0.2, 0.25) is 0 Å². The lowest BCUT2D eigenvalue weighted by Gasteiger charge is -1.99. The lowest BCUT2D eigenvalue weighted by molar-refractivity contribution is 1.66. The maximum Gasteiger partial charge on any atom is 0.0267 e. The highest BCUT2D eigenvalue weighted by Crippen LogP contribution is 2.48. The van der Waals surface area contributed by atoms with Gasteiger partial charge in [0.05, 0.1) is 0 Å². The molecule has 0 N–H and O–H groups in total. The quantitative estimate of drug-likeness (QED) is 0.505. The molecule has 12 heavy (non-hydrogen) atoms. The van der Waals surface area contributed by atoms with E-state index in [0.29, 0.717) is 0 Å². The zero-order chi connectivity index (χ0) is 8.39. The maximum absolute atomic E-state index is 5.94. The number of benzene rings is 1. The number of halogens is 1. The summed E-state index contributed by atoms with van der Waals surface area (Å²) in [5.41, 5.74) is 1.26. The molecule has 0 amide bonds. The fraction of sp³-hybridized carbons (Fsp3) is 0. The second-order valence-electron chi connectivity index (χ2n) is 2.36. The molecule has 2 rings (SSSR count). The van der Waals surface area contributed by atoms with Gasteiger partial charge in [0.25, 0.3) is 0 Å². The van der Waals surface area contributed by atoms with Crippen molar-refractivity contribution < 1.29 is 0 Å². The summed E-state index contributed by atoms with van der Waals surface area (Å²) in [6, 6.07) is 10.3. The highest BCUT2D eigenvalue weighted by molar-refractivity contribution is 8.95. The fourth-order valence-electron chi connectivity index (χ4n) is 1.00. The zero-order valence-electron chi connectivity index (χ0n) is 6.24. The first-order valence-electron chi connectivity index (χ1n) is 3.54. The summed E-state index contributed by atoms with van der Waals surface area (Å²) in [5.74, 6) is 0. The highest BCUT2D eigenvalue weighted by atomic mass is 35.7. The van der Waals surface area contributed by atoms with Crippen molar-refractivity contribution in [1.29, 1.82) is 0 Å². The Morgan fingerprint density at radius 2 is 1.92 bits per heavy atom. The summed E-state index contributed by atoms with van der Waals surface area (Å²) in [6.45, 7) is 0. The van der Waals surface area contributed by atoms with Gasteiger partial charge in [-0.1, -0.05) is 30.3 Å². The molecular weight excluding hydrogens is 208 g/mol. The van der Waals surface area contributed by atoms with E-state index in [1.807, 2.05) is 23.6 Å². The standard InChI is InChI=1S/C9H7ClS2/c10-12-7-6-9(11-12)8-4-2-1-3-5-8/h1-7H. The van der Waals surface area contributed by atoms with Gasteiger partial charge in [-0.05, 0) is 47.2 Å². The first-order valence-corrected chi connectivity index (χ1v) is 6.99. The fourth-order valence-corrected chi connectivity index (χ4v) is 3.98. The molecule has 0 radical (unpaired) electrons. The predicted octanol–water partition coefficient (Wildman–Crippen LogP) is 3.91. The topological polar surface area (TPSA) is 0 Å². The van der Waals surface area contributed by atoms with Crippen LogP contribution in [0.15, 0.2) is 36.4 Å². The first kappa shape index (κ1) is 8.42. The number of allylic oxidation sites excluding steroid dienone is 1. The molecule has 0 nitrogen and oxygen atoms in total. The van der Waals surface area contributed by atoms with Crippen molar-refractivity contribution in [2.45, 2.75) is 0 Å². The largest absolute Gasteiger partial charge is 0.0622 e. The van der Waals surface area contributed by atoms with E-state index in [1.165, 1.54) is 10.5 Å². The van der Waals surface area contributed by atoms with Crippen LogP contribution in [0, 0.1) is 0 Å². The van der Waals surface area contributed by atoms with Crippen molar-refractivity contribution >= 4 is 40.5 Å². The lowest BCUT2D eigenvalue weighted by atomic mass is 10.2. The zero-order valence-corrected chi connectivity index (χ0v) is 8.62. The van der Waals surface area contributed by atoms with Crippen molar-refractivity contribution in [2.24, 2.45) is 0 Å². The molecule has 1 unspecified atom stereocenters. The molecule has 0 bridgehead atoms. The Bertz CT molecular complexity index is 341. The van der Waals surface area contributed by atoms with Crippen LogP contribution in [-0.4, -0.2) is 5.37 Å². The van der Waals surface area contributed by atoms with E-state index < -0.39 is 0 Å². The minimum atomic E-state index is -0.132.